The second-order valence-electron chi connectivity index (χ2n) is 5.42. The summed E-state index contributed by atoms with van der Waals surface area (Å²) >= 11 is 0. The molecule has 128 valence electrons. The maximum Gasteiger partial charge on any atom is 0.277 e. The van der Waals surface area contributed by atoms with Crippen molar-refractivity contribution in [2.75, 3.05) is 11.9 Å². The van der Waals surface area contributed by atoms with Gasteiger partial charge in [0.05, 0.1) is 12.3 Å². The Hall–Kier alpha value is -3.15. The average molecular weight is 340 g/mol. The number of aryl methyl sites for hydroxylation is 1. The lowest BCUT2D eigenvalue weighted by Crippen LogP contribution is -2.13. The molecule has 0 aliphatic carbocycles. The minimum absolute atomic E-state index is 0.0993. The molecule has 1 aromatic heterocycles. The Kier molecular flexibility index (Phi) is 4.79. The summed E-state index contributed by atoms with van der Waals surface area (Å²) in [5.41, 5.74) is 1.70. The van der Waals surface area contributed by atoms with Crippen molar-refractivity contribution in [1.29, 1.82) is 0 Å². The lowest BCUT2D eigenvalue weighted by atomic mass is 10.1. The Morgan fingerprint density at radius 1 is 1.24 bits per heavy atom. The first-order valence-corrected chi connectivity index (χ1v) is 7.85. The smallest absolute Gasteiger partial charge is 0.277 e. The molecule has 1 N–H and O–H groups in total. The van der Waals surface area contributed by atoms with E-state index in [4.69, 9.17) is 9.26 Å². The van der Waals surface area contributed by atoms with Gasteiger partial charge in [-0.25, -0.2) is 4.39 Å². The van der Waals surface area contributed by atoms with Gasteiger partial charge in [-0.15, -0.1) is 0 Å². The number of anilines is 1. The molecule has 0 fully saturated rings. The zero-order valence-corrected chi connectivity index (χ0v) is 13.9. The second kappa shape index (κ2) is 7.17. The molecule has 0 radical (unpaired) electrons. The van der Waals surface area contributed by atoms with Crippen LogP contribution in [0.1, 0.15) is 23.0 Å². The van der Waals surface area contributed by atoms with Gasteiger partial charge in [0.25, 0.3) is 5.91 Å². The van der Waals surface area contributed by atoms with E-state index in [1.807, 2.05) is 13.0 Å². The van der Waals surface area contributed by atoms with Crippen LogP contribution in [0, 0.1) is 12.7 Å². The van der Waals surface area contributed by atoms with Gasteiger partial charge in [-0.3, -0.25) is 4.79 Å². The van der Waals surface area contributed by atoms with Crippen LogP contribution in [0.5, 0.6) is 5.75 Å². The number of carbonyl (C=O) groups excluding carboxylic acids is 1. The number of hydrogen-bond donors (Lipinski definition) is 1. The summed E-state index contributed by atoms with van der Waals surface area (Å²) in [6.45, 7) is 4.03. The molecule has 1 heterocycles. The largest absolute Gasteiger partial charge is 0.492 e. The first-order chi connectivity index (χ1) is 12.1. The van der Waals surface area contributed by atoms with E-state index in [2.05, 4.69) is 10.5 Å². The quantitative estimate of drug-likeness (QED) is 0.746. The molecule has 6 heteroatoms. The van der Waals surface area contributed by atoms with Crippen LogP contribution in [0.2, 0.25) is 0 Å². The molecule has 0 bridgehead atoms. The lowest BCUT2D eigenvalue weighted by molar-refractivity contribution is 0.101. The number of nitrogens with zero attached hydrogens (tertiary/aromatic N) is 1. The normalized spacial score (nSPS) is 10.5. The van der Waals surface area contributed by atoms with Crippen LogP contribution in [-0.4, -0.2) is 17.7 Å². The zero-order valence-electron chi connectivity index (χ0n) is 13.9. The van der Waals surface area contributed by atoms with Crippen molar-refractivity contribution >= 4 is 11.6 Å². The van der Waals surface area contributed by atoms with E-state index in [-0.39, 0.29) is 11.5 Å². The van der Waals surface area contributed by atoms with Crippen molar-refractivity contribution in [3.63, 3.8) is 0 Å². The number of para-hydroxylation sites is 2. The van der Waals surface area contributed by atoms with Crippen LogP contribution < -0.4 is 10.1 Å². The van der Waals surface area contributed by atoms with Gasteiger partial charge >= 0.3 is 0 Å². The highest BCUT2D eigenvalue weighted by molar-refractivity contribution is 6.04. The summed E-state index contributed by atoms with van der Waals surface area (Å²) in [5.74, 6) is 0.116. The second-order valence-corrected chi connectivity index (χ2v) is 5.42. The van der Waals surface area contributed by atoms with Crippen molar-refractivity contribution in [1.82, 2.24) is 5.16 Å². The minimum Gasteiger partial charge on any atom is -0.492 e. The predicted octanol–water partition coefficient (Wildman–Crippen LogP) is 4.44. The highest BCUT2D eigenvalue weighted by atomic mass is 19.1. The number of halogens is 1. The molecule has 0 aliphatic rings. The number of amides is 1. The molecule has 0 unspecified atom stereocenters. The number of aromatic nitrogens is 1. The van der Waals surface area contributed by atoms with E-state index in [9.17, 15) is 9.18 Å². The molecular formula is C19H17FN2O3. The molecule has 0 spiro atoms. The Morgan fingerprint density at radius 3 is 2.80 bits per heavy atom. The molecule has 1 amide bonds. The van der Waals surface area contributed by atoms with Crippen molar-refractivity contribution in [3.05, 3.63) is 65.6 Å². The topological polar surface area (TPSA) is 64.4 Å². The number of carbonyl (C=O) groups is 1. The van der Waals surface area contributed by atoms with E-state index >= 15 is 0 Å². The number of nitrogens with one attached hydrogen (secondary N) is 1. The van der Waals surface area contributed by atoms with Crippen LogP contribution in [0.25, 0.3) is 11.3 Å². The number of ether oxygens (including phenoxy) is 1. The fraction of sp³-hybridized carbons (Fsp3) is 0.158. The van der Waals surface area contributed by atoms with Gasteiger partial charge < -0.3 is 14.6 Å². The van der Waals surface area contributed by atoms with Gasteiger partial charge in [-0.1, -0.05) is 29.4 Å². The number of benzene rings is 2. The summed E-state index contributed by atoms with van der Waals surface area (Å²) < 4.78 is 24.3. The third-order valence-corrected chi connectivity index (χ3v) is 3.63. The average Bonchev–Trinajstić information content (AvgIpc) is 3.09. The molecule has 5 nitrogen and oxygen atoms in total. The maximum absolute atomic E-state index is 13.7. The first-order valence-electron chi connectivity index (χ1n) is 7.85. The Morgan fingerprint density at radius 2 is 2.04 bits per heavy atom. The van der Waals surface area contributed by atoms with Crippen LogP contribution in [0.3, 0.4) is 0 Å². The summed E-state index contributed by atoms with van der Waals surface area (Å²) in [4.78, 5) is 12.4. The molecule has 0 saturated heterocycles. The summed E-state index contributed by atoms with van der Waals surface area (Å²) in [6.07, 6.45) is 0. The molecule has 25 heavy (non-hydrogen) atoms. The molecule has 3 aromatic rings. The lowest BCUT2D eigenvalue weighted by Gasteiger charge is -2.09. The maximum atomic E-state index is 13.7. The SMILES string of the molecule is CCOc1ccccc1NC(=O)c1cc(-c2ccc(C)c(F)c2)on1. The number of hydrogen-bond acceptors (Lipinski definition) is 4. The monoisotopic (exact) mass is 340 g/mol. The fourth-order valence-electron chi connectivity index (χ4n) is 2.30. The van der Waals surface area contributed by atoms with Crippen molar-refractivity contribution < 1.29 is 18.4 Å². The van der Waals surface area contributed by atoms with E-state index in [0.29, 0.717) is 34.9 Å². The third kappa shape index (κ3) is 3.68. The van der Waals surface area contributed by atoms with Crippen molar-refractivity contribution in [3.8, 4) is 17.1 Å². The number of rotatable bonds is 5. The Labute approximate surface area is 144 Å². The summed E-state index contributed by atoms with van der Waals surface area (Å²) in [6, 6.07) is 13.3. The van der Waals surface area contributed by atoms with Crippen molar-refractivity contribution in [2.45, 2.75) is 13.8 Å². The van der Waals surface area contributed by atoms with Crippen LogP contribution in [0.15, 0.2) is 53.1 Å². The van der Waals surface area contributed by atoms with Crippen LogP contribution in [0.4, 0.5) is 10.1 Å². The van der Waals surface area contributed by atoms with Crippen LogP contribution >= 0.6 is 0 Å². The molecule has 3 rings (SSSR count). The van der Waals surface area contributed by atoms with E-state index in [0.717, 1.165) is 0 Å². The van der Waals surface area contributed by atoms with E-state index in [1.165, 1.54) is 12.1 Å². The third-order valence-electron chi connectivity index (χ3n) is 3.63. The highest BCUT2D eigenvalue weighted by Crippen LogP contribution is 2.26. The molecule has 0 atom stereocenters. The minimum atomic E-state index is -0.435. The molecule has 0 aliphatic heterocycles. The van der Waals surface area contributed by atoms with Gasteiger partial charge in [-0.05, 0) is 37.6 Å². The molecular weight excluding hydrogens is 323 g/mol. The standard InChI is InChI=1S/C19H17FN2O3/c1-3-24-17-7-5-4-6-15(17)21-19(23)16-11-18(25-22-16)13-9-8-12(2)14(20)10-13/h4-11H,3H2,1-2H3,(H,21,23). The van der Waals surface area contributed by atoms with Gasteiger partial charge in [0, 0.05) is 11.6 Å². The summed E-state index contributed by atoms with van der Waals surface area (Å²) in [5, 5.41) is 6.50. The first kappa shape index (κ1) is 16.7. The highest BCUT2D eigenvalue weighted by Gasteiger charge is 2.16. The van der Waals surface area contributed by atoms with Crippen LogP contribution in [-0.2, 0) is 0 Å². The Balaban J connectivity index is 1.80. The predicted molar refractivity (Wildman–Crippen MR) is 92.2 cm³/mol. The van der Waals surface area contributed by atoms with Gasteiger partial charge in [0.15, 0.2) is 11.5 Å². The molecule has 2 aromatic carbocycles. The van der Waals surface area contributed by atoms with E-state index < -0.39 is 5.91 Å². The zero-order chi connectivity index (χ0) is 17.8. The fourth-order valence-corrected chi connectivity index (χ4v) is 2.30. The van der Waals surface area contributed by atoms with Crippen molar-refractivity contribution in [2.24, 2.45) is 0 Å². The van der Waals surface area contributed by atoms with Gasteiger partial charge in [0.1, 0.15) is 11.6 Å². The van der Waals surface area contributed by atoms with E-state index in [1.54, 1.807) is 37.3 Å². The molecule has 0 saturated carbocycles. The van der Waals surface area contributed by atoms with Gasteiger partial charge in [0.2, 0.25) is 0 Å². The van der Waals surface area contributed by atoms with Gasteiger partial charge in [-0.2, -0.15) is 0 Å². The Bertz CT molecular complexity index is 905. The summed E-state index contributed by atoms with van der Waals surface area (Å²) in [7, 11) is 0.